The second kappa shape index (κ2) is 9.40. The molecule has 1 aromatic carbocycles. The van der Waals surface area contributed by atoms with Crippen molar-refractivity contribution in [1.82, 2.24) is 16.0 Å². The van der Waals surface area contributed by atoms with Crippen LogP contribution in [0.1, 0.15) is 11.1 Å². The molecule has 122 valence electrons. The van der Waals surface area contributed by atoms with Crippen LogP contribution in [0.5, 0.6) is 0 Å². The quantitative estimate of drug-likeness (QED) is 0.643. The van der Waals surface area contributed by atoms with E-state index >= 15 is 0 Å². The maximum absolute atomic E-state index is 12.1. The van der Waals surface area contributed by atoms with Crippen LogP contribution in [0, 0.1) is 0 Å². The summed E-state index contributed by atoms with van der Waals surface area (Å²) in [4.78, 5) is 23.6. The summed E-state index contributed by atoms with van der Waals surface area (Å²) < 4.78 is 4.83. The molecule has 0 saturated carbocycles. The summed E-state index contributed by atoms with van der Waals surface area (Å²) >= 11 is 0. The van der Waals surface area contributed by atoms with E-state index in [0.29, 0.717) is 26.1 Å². The fraction of sp³-hybridized carbons (Fsp3) is 0.467. The summed E-state index contributed by atoms with van der Waals surface area (Å²) in [6.07, 6.45) is 0.646. The van der Waals surface area contributed by atoms with Gasteiger partial charge < -0.3 is 20.7 Å². The summed E-state index contributed by atoms with van der Waals surface area (Å²) in [5.74, 6) is -0.358. The molecule has 6 nitrogen and oxygen atoms in total. The van der Waals surface area contributed by atoms with Crippen LogP contribution in [-0.4, -0.2) is 44.7 Å². The largest absolute Gasteiger partial charge is 0.383 e. The third-order valence-electron chi connectivity index (χ3n) is 3.45. The van der Waals surface area contributed by atoms with E-state index in [0.717, 1.165) is 0 Å². The molecule has 7 heteroatoms. The van der Waals surface area contributed by atoms with Gasteiger partial charge in [-0.15, -0.1) is 12.4 Å². The van der Waals surface area contributed by atoms with Crippen molar-refractivity contribution in [2.24, 2.45) is 0 Å². The molecule has 22 heavy (non-hydrogen) atoms. The Labute approximate surface area is 136 Å². The third-order valence-corrected chi connectivity index (χ3v) is 3.45. The standard InChI is InChI=1S/C15H21N3O3.ClH/c1-21-7-6-16-14(19)10-18-15(20)13-8-11-4-2-3-5-12(11)9-17-13;/h2-5,13,17H,6-10H2,1H3,(H,16,19)(H,18,20);1H. The van der Waals surface area contributed by atoms with E-state index in [1.165, 1.54) is 11.1 Å². The normalized spacial score (nSPS) is 16.1. The van der Waals surface area contributed by atoms with Gasteiger partial charge in [0.15, 0.2) is 0 Å². The number of carbonyl (C=O) groups is 2. The zero-order valence-electron chi connectivity index (χ0n) is 12.6. The Kier molecular flexibility index (Phi) is 7.87. The number of hydrogen-bond donors (Lipinski definition) is 3. The lowest BCUT2D eigenvalue weighted by atomic mass is 9.95. The Morgan fingerprint density at radius 1 is 1.27 bits per heavy atom. The zero-order valence-corrected chi connectivity index (χ0v) is 13.4. The van der Waals surface area contributed by atoms with Crippen LogP contribution in [0.15, 0.2) is 24.3 Å². The summed E-state index contributed by atoms with van der Waals surface area (Å²) in [6.45, 7) is 1.57. The molecular weight excluding hydrogens is 306 g/mol. The highest BCUT2D eigenvalue weighted by atomic mass is 35.5. The van der Waals surface area contributed by atoms with Crippen LogP contribution in [0.25, 0.3) is 0 Å². The number of carbonyl (C=O) groups excluding carboxylic acids is 2. The molecular formula is C15H22ClN3O3. The second-order valence-corrected chi connectivity index (χ2v) is 4.97. The van der Waals surface area contributed by atoms with Gasteiger partial charge in [-0.2, -0.15) is 0 Å². The van der Waals surface area contributed by atoms with Gasteiger partial charge in [-0.1, -0.05) is 24.3 Å². The molecule has 1 heterocycles. The number of ether oxygens (including phenoxy) is 1. The Morgan fingerprint density at radius 3 is 2.73 bits per heavy atom. The predicted molar refractivity (Wildman–Crippen MR) is 85.9 cm³/mol. The van der Waals surface area contributed by atoms with E-state index in [9.17, 15) is 9.59 Å². The van der Waals surface area contributed by atoms with Crippen molar-refractivity contribution in [2.75, 3.05) is 26.8 Å². The van der Waals surface area contributed by atoms with E-state index in [1.807, 2.05) is 18.2 Å². The van der Waals surface area contributed by atoms with Gasteiger partial charge in [0.1, 0.15) is 0 Å². The highest BCUT2D eigenvalue weighted by Gasteiger charge is 2.23. The summed E-state index contributed by atoms with van der Waals surface area (Å²) in [7, 11) is 1.57. The smallest absolute Gasteiger partial charge is 0.239 e. The molecule has 0 aliphatic carbocycles. The van der Waals surface area contributed by atoms with Crippen molar-refractivity contribution >= 4 is 24.2 Å². The minimum Gasteiger partial charge on any atom is -0.383 e. The third kappa shape index (κ3) is 5.29. The first-order valence-corrected chi connectivity index (χ1v) is 7.04. The van der Waals surface area contributed by atoms with Crippen LogP contribution < -0.4 is 16.0 Å². The number of nitrogens with one attached hydrogen (secondary N) is 3. The molecule has 0 bridgehead atoms. The summed E-state index contributed by atoms with van der Waals surface area (Å²) in [6, 6.07) is 7.77. The van der Waals surface area contributed by atoms with Crippen LogP contribution in [0.2, 0.25) is 0 Å². The van der Waals surface area contributed by atoms with E-state index in [2.05, 4.69) is 22.0 Å². The molecule has 0 aromatic heterocycles. The number of hydrogen-bond acceptors (Lipinski definition) is 4. The minimum atomic E-state index is -0.285. The van der Waals surface area contributed by atoms with Gasteiger partial charge in [0.25, 0.3) is 0 Å². The van der Waals surface area contributed by atoms with Crippen molar-refractivity contribution in [2.45, 2.75) is 19.0 Å². The fourth-order valence-corrected chi connectivity index (χ4v) is 2.29. The first-order valence-electron chi connectivity index (χ1n) is 7.04. The van der Waals surface area contributed by atoms with Gasteiger partial charge in [0, 0.05) is 20.2 Å². The van der Waals surface area contributed by atoms with Gasteiger partial charge in [-0.05, 0) is 17.5 Å². The molecule has 0 spiro atoms. The van der Waals surface area contributed by atoms with Crippen LogP contribution in [0.3, 0.4) is 0 Å². The first-order chi connectivity index (χ1) is 10.2. The first kappa shape index (κ1) is 18.4. The molecule has 1 atom stereocenters. The van der Waals surface area contributed by atoms with Crippen LogP contribution >= 0.6 is 12.4 Å². The van der Waals surface area contributed by atoms with E-state index in [1.54, 1.807) is 7.11 Å². The summed E-state index contributed by atoms with van der Waals surface area (Å²) in [5, 5.41) is 8.50. The van der Waals surface area contributed by atoms with Crippen molar-refractivity contribution in [1.29, 1.82) is 0 Å². The van der Waals surface area contributed by atoms with Crippen LogP contribution in [0.4, 0.5) is 0 Å². The number of fused-ring (bicyclic) bond motifs is 1. The molecule has 2 rings (SSSR count). The molecule has 1 unspecified atom stereocenters. The molecule has 0 fully saturated rings. The maximum atomic E-state index is 12.1. The molecule has 1 aromatic rings. The molecule has 0 saturated heterocycles. The lowest BCUT2D eigenvalue weighted by molar-refractivity contribution is -0.127. The topological polar surface area (TPSA) is 79.5 Å². The van der Waals surface area contributed by atoms with Gasteiger partial charge >= 0.3 is 0 Å². The average molecular weight is 328 g/mol. The number of amides is 2. The van der Waals surface area contributed by atoms with Crippen LogP contribution in [-0.2, 0) is 27.3 Å². The van der Waals surface area contributed by atoms with E-state index in [4.69, 9.17) is 4.74 Å². The van der Waals surface area contributed by atoms with Crippen molar-refractivity contribution < 1.29 is 14.3 Å². The molecule has 1 aliphatic heterocycles. The van der Waals surface area contributed by atoms with Gasteiger partial charge in [-0.25, -0.2) is 0 Å². The van der Waals surface area contributed by atoms with Gasteiger partial charge in [0.2, 0.25) is 11.8 Å². The average Bonchev–Trinajstić information content (AvgIpc) is 2.52. The molecule has 2 amide bonds. The van der Waals surface area contributed by atoms with E-state index < -0.39 is 0 Å². The number of halogens is 1. The minimum absolute atomic E-state index is 0. The van der Waals surface area contributed by atoms with Crippen molar-refractivity contribution in [3.05, 3.63) is 35.4 Å². The zero-order chi connectivity index (χ0) is 15.1. The Balaban J connectivity index is 0.00000242. The predicted octanol–water partition coefficient (Wildman–Crippen LogP) is 0.00150. The van der Waals surface area contributed by atoms with E-state index in [-0.39, 0.29) is 36.8 Å². The monoisotopic (exact) mass is 327 g/mol. The molecule has 1 aliphatic rings. The second-order valence-electron chi connectivity index (χ2n) is 4.97. The summed E-state index contributed by atoms with van der Waals surface area (Å²) in [5.41, 5.74) is 2.40. The highest BCUT2D eigenvalue weighted by molar-refractivity contribution is 5.87. The SMILES string of the molecule is COCCNC(=O)CNC(=O)C1Cc2ccccc2CN1.Cl. The maximum Gasteiger partial charge on any atom is 0.239 e. The molecule has 0 radical (unpaired) electrons. The Hall–Kier alpha value is -1.63. The highest BCUT2D eigenvalue weighted by Crippen LogP contribution is 2.16. The number of benzene rings is 1. The lowest BCUT2D eigenvalue weighted by Gasteiger charge is -2.25. The van der Waals surface area contributed by atoms with Crippen molar-refractivity contribution in [3.8, 4) is 0 Å². The fourth-order valence-electron chi connectivity index (χ4n) is 2.29. The van der Waals surface area contributed by atoms with Gasteiger partial charge in [-0.3, -0.25) is 9.59 Å². The van der Waals surface area contributed by atoms with Crippen molar-refractivity contribution in [3.63, 3.8) is 0 Å². The molecule has 3 N–H and O–H groups in total. The Bertz CT molecular complexity index is 511. The number of methoxy groups -OCH3 is 1. The lowest BCUT2D eigenvalue weighted by Crippen LogP contribution is -2.49. The Morgan fingerprint density at radius 2 is 2.00 bits per heavy atom. The van der Waals surface area contributed by atoms with Gasteiger partial charge in [0.05, 0.1) is 19.2 Å². The number of rotatable bonds is 6.